The second-order valence-electron chi connectivity index (χ2n) is 19.2. The van der Waals surface area contributed by atoms with Gasteiger partial charge in [-0.15, -0.1) is 0 Å². The molecule has 2 aliphatic heterocycles. The molecule has 12 nitrogen and oxygen atoms in total. The minimum atomic E-state index is -2.00. The van der Waals surface area contributed by atoms with E-state index in [1.165, 1.54) is 6.92 Å². The van der Waals surface area contributed by atoms with E-state index in [4.69, 9.17) is 18.9 Å². The molecule has 0 aromatic rings. The van der Waals surface area contributed by atoms with Crippen LogP contribution in [0.1, 0.15) is 107 Å². The Balaban J connectivity index is 1.35. The number of fused-ring (bicyclic) bond motifs is 4. The Morgan fingerprint density at radius 3 is 2.20 bits per heavy atom. The van der Waals surface area contributed by atoms with Crippen molar-refractivity contribution < 1.29 is 59.5 Å². The Morgan fingerprint density at radius 1 is 0.940 bits per heavy atom. The van der Waals surface area contributed by atoms with Crippen molar-refractivity contribution in [1.82, 2.24) is 0 Å². The molecule has 5 aliphatic carbocycles. The van der Waals surface area contributed by atoms with Gasteiger partial charge in [0.05, 0.1) is 18.3 Å². The van der Waals surface area contributed by atoms with Crippen LogP contribution in [0.2, 0.25) is 0 Å². The third-order valence-corrected chi connectivity index (χ3v) is 16.3. The van der Waals surface area contributed by atoms with E-state index in [1.807, 2.05) is 0 Å². The lowest BCUT2D eigenvalue weighted by Gasteiger charge is -2.63. The SMILES string of the molecule is CC(=O)O[C@@H]([C@H]1C[C@@H](C)[C@H]2[C@@](O)(O1)[C@H](O[C@@H]1O[C@H](CO)[C@@H](O)[C@H](O)[C@H]1O)[C@@]1(C)[C@@H]3CC[C@H]4C(C)(C)[C@@H](O)CC[C@@]45C[C@@]35CC[C@]21C)C(C)(C)O. The quantitative estimate of drug-likeness (QED) is 0.199. The molecule has 2 heterocycles. The molecule has 0 amide bonds. The van der Waals surface area contributed by atoms with Gasteiger partial charge < -0.3 is 54.7 Å². The molecule has 12 heteroatoms. The Labute approximate surface area is 295 Å². The fourth-order valence-electron chi connectivity index (χ4n) is 14.1. The van der Waals surface area contributed by atoms with Crippen LogP contribution in [0.25, 0.3) is 0 Å². The minimum absolute atomic E-state index is 0.0432. The molecule has 50 heavy (non-hydrogen) atoms. The van der Waals surface area contributed by atoms with Gasteiger partial charge >= 0.3 is 5.97 Å². The van der Waals surface area contributed by atoms with Crippen LogP contribution in [0.15, 0.2) is 0 Å². The summed E-state index contributed by atoms with van der Waals surface area (Å²) in [6.07, 6.45) is -4.46. The van der Waals surface area contributed by atoms with E-state index < -0.39 is 89.7 Å². The van der Waals surface area contributed by atoms with Gasteiger partial charge in [0.25, 0.3) is 0 Å². The first-order chi connectivity index (χ1) is 23.1. The predicted molar refractivity (Wildman–Crippen MR) is 178 cm³/mol. The molecular formula is C38H62O12. The highest BCUT2D eigenvalue weighted by atomic mass is 16.7. The molecule has 7 fully saturated rings. The van der Waals surface area contributed by atoms with E-state index in [1.54, 1.807) is 13.8 Å². The zero-order valence-electron chi connectivity index (χ0n) is 31.0. The van der Waals surface area contributed by atoms with E-state index in [9.17, 15) is 40.5 Å². The maximum absolute atomic E-state index is 13.3. The molecule has 2 saturated heterocycles. The van der Waals surface area contributed by atoms with Gasteiger partial charge in [-0.3, -0.25) is 4.79 Å². The van der Waals surface area contributed by atoms with E-state index in [2.05, 4.69) is 34.6 Å². The standard InChI is InChI=1S/C38H62O12/c1-18-15-20(29(33(5,6)45)47-19(2)40)50-38(46)28(18)34(7)13-14-37-17-36(37)12-11-24(41)32(3,4)22(36)9-10-23(37)35(34,8)31(38)49-30-27(44)26(43)25(42)21(16-39)48-30/h18,20-31,39,41-46H,9-17H2,1-8H3/t18-,20-,21-,22+,23+,24+,25-,26+,27-,28-,29+,30+,31-,34-,35-,36-,37+,38-/m1/s1. The highest BCUT2D eigenvalue weighted by molar-refractivity contribution is 5.66. The zero-order valence-corrected chi connectivity index (χ0v) is 31.0. The van der Waals surface area contributed by atoms with Crippen molar-refractivity contribution in [2.24, 2.45) is 50.7 Å². The van der Waals surface area contributed by atoms with Gasteiger partial charge in [0, 0.05) is 18.3 Å². The lowest BCUT2D eigenvalue weighted by atomic mass is 9.41. The zero-order chi connectivity index (χ0) is 36.8. The summed E-state index contributed by atoms with van der Waals surface area (Å²) < 4.78 is 25.3. The Hall–Kier alpha value is -0.930. The van der Waals surface area contributed by atoms with Gasteiger partial charge in [-0.05, 0) is 105 Å². The highest BCUT2D eigenvalue weighted by Gasteiger charge is 2.87. The smallest absolute Gasteiger partial charge is 0.303 e. The number of hydrogen-bond acceptors (Lipinski definition) is 12. The first-order valence-electron chi connectivity index (χ1n) is 19.0. The van der Waals surface area contributed by atoms with Crippen molar-refractivity contribution in [2.75, 3.05) is 6.61 Å². The summed E-state index contributed by atoms with van der Waals surface area (Å²) in [6, 6.07) is 0. The molecule has 7 rings (SSSR count). The lowest BCUT2D eigenvalue weighted by molar-refractivity contribution is -0.384. The predicted octanol–water partition coefficient (Wildman–Crippen LogP) is 2.01. The number of aliphatic hydroxyl groups excluding tert-OH is 5. The van der Waals surface area contributed by atoms with Crippen LogP contribution < -0.4 is 0 Å². The normalized spacial score (nSPS) is 55.8. The average Bonchev–Trinajstić information content (AvgIpc) is 3.66. The second-order valence-corrected chi connectivity index (χ2v) is 19.2. The van der Waals surface area contributed by atoms with Crippen LogP contribution in [0.3, 0.4) is 0 Å². The molecule has 5 saturated carbocycles. The van der Waals surface area contributed by atoms with Crippen molar-refractivity contribution in [3.63, 3.8) is 0 Å². The topological polar surface area (TPSA) is 196 Å². The minimum Gasteiger partial charge on any atom is -0.457 e. The molecule has 7 N–H and O–H groups in total. The molecule has 0 bridgehead atoms. The van der Waals surface area contributed by atoms with Gasteiger partial charge in [-0.2, -0.15) is 0 Å². The number of hydrogen-bond donors (Lipinski definition) is 7. The van der Waals surface area contributed by atoms with E-state index in [0.29, 0.717) is 12.3 Å². The molecule has 0 unspecified atom stereocenters. The summed E-state index contributed by atoms with van der Waals surface area (Å²) in [7, 11) is 0. The lowest BCUT2D eigenvalue weighted by Crippen LogP contribution is -2.65. The molecule has 7 aliphatic rings. The van der Waals surface area contributed by atoms with Crippen molar-refractivity contribution in [1.29, 1.82) is 0 Å². The molecule has 0 aromatic carbocycles. The maximum atomic E-state index is 13.3. The molecule has 0 aromatic heterocycles. The van der Waals surface area contributed by atoms with Crippen molar-refractivity contribution >= 4 is 5.97 Å². The summed E-state index contributed by atoms with van der Waals surface area (Å²) in [6.45, 7) is 14.6. The molecule has 286 valence electrons. The van der Waals surface area contributed by atoms with Gasteiger partial charge in [0.1, 0.15) is 36.6 Å². The molecule has 2 spiro atoms. The van der Waals surface area contributed by atoms with Gasteiger partial charge in [0.15, 0.2) is 18.2 Å². The van der Waals surface area contributed by atoms with Crippen molar-refractivity contribution in [2.45, 2.75) is 173 Å². The largest absolute Gasteiger partial charge is 0.457 e. The van der Waals surface area contributed by atoms with Crippen LogP contribution in [0.5, 0.6) is 0 Å². The average molecular weight is 711 g/mol. The van der Waals surface area contributed by atoms with Crippen LogP contribution in [0.4, 0.5) is 0 Å². The van der Waals surface area contributed by atoms with Crippen LogP contribution in [-0.2, 0) is 23.7 Å². The summed E-state index contributed by atoms with van der Waals surface area (Å²) in [5, 5.41) is 78.3. The van der Waals surface area contributed by atoms with Crippen LogP contribution >= 0.6 is 0 Å². The Bertz CT molecular complexity index is 1350. The molecular weight excluding hydrogens is 648 g/mol. The van der Waals surface area contributed by atoms with E-state index >= 15 is 0 Å². The fourth-order valence-corrected chi connectivity index (χ4v) is 14.1. The highest BCUT2D eigenvalue weighted by Crippen LogP contribution is 2.90. The monoisotopic (exact) mass is 710 g/mol. The third-order valence-electron chi connectivity index (χ3n) is 16.3. The number of ether oxygens (including phenoxy) is 4. The number of esters is 1. The molecule has 18 atom stereocenters. The summed E-state index contributed by atoms with van der Waals surface area (Å²) >= 11 is 0. The molecule has 0 radical (unpaired) electrons. The fraction of sp³-hybridized carbons (Fsp3) is 0.974. The van der Waals surface area contributed by atoms with Crippen LogP contribution in [-0.4, -0.2) is 115 Å². The summed E-state index contributed by atoms with van der Waals surface area (Å²) in [5.41, 5.74) is -3.01. The van der Waals surface area contributed by atoms with Crippen LogP contribution in [0, 0.1) is 50.7 Å². The summed E-state index contributed by atoms with van der Waals surface area (Å²) in [4.78, 5) is 12.3. The maximum Gasteiger partial charge on any atom is 0.303 e. The van der Waals surface area contributed by atoms with E-state index in [-0.39, 0.29) is 34.2 Å². The first kappa shape index (κ1) is 37.4. The van der Waals surface area contributed by atoms with Gasteiger partial charge in [-0.25, -0.2) is 0 Å². The van der Waals surface area contributed by atoms with Crippen molar-refractivity contribution in [3.8, 4) is 0 Å². The van der Waals surface area contributed by atoms with Crippen molar-refractivity contribution in [3.05, 3.63) is 0 Å². The second kappa shape index (κ2) is 11.5. The number of carbonyl (C=O) groups is 1. The number of aliphatic hydroxyl groups is 7. The summed E-state index contributed by atoms with van der Waals surface area (Å²) in [5.74, 6) is -2.78. The van der Waals surface area contributed by atoms with Gasteiger partial charge in [0.2, 0.25) is 0 Å². The first-order valence-corrected chi connectivity index (χ1v) is 19.0. The third kappa shape index (κ3) is 4.68. The number of rotatable bonds is 6. The van der Waals surface area contributed by atoms with Gasteiger partial charge in [-0.1, -0.05) is 34.6 Å². The van der Waals surface area contributed by atoms with E-state index in [0.717, 1.165) is 44.9 Å². The Morgan fingerprint density at radius 2 is 1.58 bits per heavy atom. The number of carbonyl (C=O) groups excluding carboxylic acids is 1. The Kier molecular flexibility index (Phi) is 8.63.